The maximum Gasteiger partial charge on any atom is 0.364 e. The van der Waals surface area contributed by atoms with Crippen LogP contribution < -0.4 is 26.6 Å². The summed E-state index contributed by atoms with van der Waals surface area (Å²) in [7, 11) is 0. The van der Waals surface area contributed by atoms with Crippen molar-refractivity contribution < 1.29 is 233 Å². The number of nitrogens with one attached hydrogen (secondary N) is 5. The molecule has 0 radical (unpaired) electrons. The van der Waals surface area contributed by atoms with Gasteiger partial charge in [-0.1, -0.05) is 0 Å². The lowest BCUT2D eigenvalue weighted by molar-refractivity contribution is -0.392. The standard InChI is InChI=1S/C64H107N5O47/c1-17(78)65-33-22(83)6-63(61(99)100,113-51(33)39(90)25(86)9-71)115-53-37(69-21(5)82)58(107-31(15-77)50(53)111-57-35(67-19(3)80)44(95)41(92)28(12-74)104-57)112-54-43(94)32(108-59(46(54)97)109-48(27(88)11-73)38(89)24(85)8-70)16-103-56-36(68-20(4)81)45(96)49(30(14-76)106-56)110-60-47(98)55(42(93)29(13-75)105-60)116-64(62(101)102)7-23(84)34(66-18(2)79)52(114-64)40(91)26(87)10-72/h22-60,70-77,83-98H,6-16H2,1-5H3,(H,65,78)(H,66,79)(H,67,80)(H,68,81)(H,69,82)(H,99,100)(H,101,102)/t22-,23-,24-,25+,26+,27+,28+,29+,30+,31+,32+,33+,34+,35+,36+,37+,38+,39+,40+,41-,42-,43-,44+,45+,46+,47+,48+,49+,50+,51+,52+,53+,54-,55-,56+,57-,58-,59-,60-,63-,64-/m0/s1. The molecule has 7 rings (SSSR count). The number of ether oxygens (including phenoxy) is 14. The van der Waals surface area contributed by atoms with E-state index in [0.29, 0.717) is 0 Å². The molecule has 0 aromatic heterocycles. The predicted molar refractivity (Wildman–Crippen MR) is 359 cm³/mol. The summed E-state index contributed by atoms with van der Waals surface area (Å²) in [4.78, 5) is 91.5. The van der Waals surface area contributed by atoms with E-state index in [2.05, 4.69) is 26.6 Å². The summed E-state index contributed by atoms with van der Waals surface area (Å²) < 4.78 is 83.5. The average molecular weight is 1700 g/mol. The highest BCUT2D eigenvalue weighted by atomic mass is 16.8. The number of amides is 5. The van der Waals surface area contributed by atoms with Gasteiger partial charge >= 0.3 is 11.9 Å². The van der Waals surface area contributed by atoms with Crippen LogP contribution in [0.4, 0.5) is 0 Å². The quantitative estimate of drug-likeness (QED) is 0.0275. The van der Waals surface area contributed by atoms with E-state index in [4.69, 9.17) is 66.3 Å². The van der Waals surface area contributed by atoms with Crippen LogP contribution in [0.1, 0.15) is 47.5 Å². The molecular weight excluding hydrogens is 1590 g/mol. The van der Waals surface area contributed by atoms with Gasteiger partial charge in [0.05, 0.1) is 83.8 Å². The van der Waals surface area contributed by atoms with Crippen LogP contribution >= 0.6 is 0 Å². The number of aliphatic hydroxyl groups excluding tert-OH is 24. The van der Waals surface area contributed by atoms with Gasteiger partial charge in [0.25, 0.3) is 11.6 Å². The molecular formula is C64H107N5O47. The summed E-state index contributed by atoms with van der Waals surface area (Å²) >= 11 is 0. The Kier molecular flexibility index (Phi) is 35.9. The lowest BCUT2D eigenvalue weighted by Gasteiger charge is -2.53. The number of carboxylic acid groups (broad SMARTS) is 2. The molecule has 7 fully saturated rings. The van der Waals surface area contributed by atoms with Gasteiger partial charge < -0.3 is 226 Å². The molecule has 52 heteroatoms. The molecule has 0 saturated carbocycles. The molecule has 0 unspecified atom stereocenters. The third-order valence-electron chi connectivity index (χ3n) is 20.2. The minimum Gasteiger partial charge on any atom is -0.477 e. The molecule has 0 spiro atoms. The molecule has 52 nitrogen and oxygen atoms in total. The first-order valence-electron chi connectivity index (χ1n) is 36.3. The van der Waals surface area contributed by atoms with Gasteiger partial charge in [-0.05, 0) is 0 Å². The van der Waals surface area contributed by atoms with Crippen molar-refractivity contribution in [3.05, 3.63) is 0 Å². The number of aliphatic carboxylic acids is 2. The van der Waals surface area contributed by atoms with E-state index >= 15 is 0 Å². The summed E-state index contributed by atoms with van der Waals surface area (Å²) in [6.45, 7) is -6.99. The van der Waals surface area contributed by atoms with Crippen LogP contribution in [-0.4, -0.2) is 484 Å². The molecule has 41 atom stereocenters. The van der Waals surface area contributed by atoms with Crippen molar-refractivity contribution >= 4 is 41.5 Å². The fourth-order valence-corrected chi connectivity index (χ4v) is 14.4. The number of hydrogen-bond acceptors (Lipinski definition) is 45. The highest BCUT2D eigenvalue weighted by Gasteiger charge is 2.65. The summed E-state index contributed by atoms with van der Waals surface area (Å²) in [5, 5.41) is 298. The number of carbonyl (C=O) groups is 7. The van der Waals surface area contributed by atoms with Crippen molar-refractivity contribution in [3.8, 4) is 0 Å². The fraction of sp³-hybridized carbons (Fsp3) is 0.891. The molecule has 670 valence electrons. The maximum absolute atomic E-state index is 14.0. The Morgan fingerprint density at radius 1 is 0.371 bits per heavy atom. The smallest absolute Gasteiger partial charge is 0.364 e. The van der Waals surface area contributed by atoms with Crippen molar-refractivity contribution in [2.75, 3.05) is 59.5 Å². The van der Waals surface area contributed by atoms with Gasteiger partial charge in [0, 0.05) is 47.5 Å². The molecule has 7 aliphatic rings. The highest BCUT2D eigenvalue weighted by molar-refractivity contribution is 5.78. The molecule has 116 heavy (non-hydrogen) atoms. The monoisotopic (exact) mass is 1700 g/mol. The van der Waals surface area contributed by atoms with Gasteiger partial charge in [0.1, 0.15) is 183 Å². The number of carboxylic acids is 2. The first kappa shape index (κ1) is 97.9. The first-order valence-corrected chi connectivity index (χ1v) is 36.3. The SMILES string of the molecule is CC(=O)N[C@H]1[C@H](OC[C@H]2O[C@@H](O[C@@H]([C@H](O)[C@@H](O)CO)[C@H](O)CO)[C@H](O)[C@@H](O[C@@H]3O[C@H](CO)[C@@H](O[C@@H]4O[C@H](CO)[C@H](O)[C@H](O)[C@H]4NC(C)=O)[C@H](O[C@]4(C(=O)O)C[C@H](O)[C@@H](NC(C)=O)[C@H]([C@H](O)[C@H](O)CO)O4)[C@H]3NC(C)=O)[C@H]2O)O[C@H](CO)[C@@H](O[C@@H]2O[C@H](CO)[C@H](O)[C@H](O[C@]3(C(=O)O)C[C@H](O)[C@@H](NC(C)=O)[C@H]([C@H](O)[C@H](O)CO)O3)[C@H]2O)[C@@H]1O. The van der Waals surface area contributed by atoms with Crippen LogP contribution in [-0.2, 0) is 99.9 Å². The second-order valence-electron chi connectivity index (χ2n) is 28.7. The van der Waals surface area contributed by atoms with Crippen LogP contribution in [0.15, 0.2) is 0 Å². The minimum atomic E-state index is -3.53. The largest absolute Gasteiger partial charge is 0.477 e. The van der Waals surface area contributed by atoms with Gasteiger partial charge in [-0.15, -0.1) is 0 Å². The van der Waals surface area contributed by atoms with Gasteiger partial charge in [0.15, 0.2) is 31.5 Å². The van der Waals surface area contributed by atoms with E-state index < -0.39 is 364 Å². The minimum absolute atomic E-state index is 0.793. The topological polar surface area (TPSA) is 835 Å². The molecule has 0 bridgehead atoms. The van der Waals surface area contributed by atoms with E-state index in [1.807, 2.05) is 0 Å². The van der Waals surface area contributed by atoms with Crippen LogP contribution in [0.25, 0.3) is 0 Å². The molecule has 31 N–H and O–H groups in total. The summed E-state index contributed by atoms with van der Waals surface area (Å²) in [6.07, 6.45) is -80.8. The van der Waals surface area contributed by atoms with E-state index in [0.717, 1.165) is 34.6 Å². The fourth-order valence-electron chi connectivity index (χ4n) is 14.4. The maximum atomic E-state index is 14.0. The van der Waals surface area contributed by atoms with E-state index in [1.165, 1.54) is 0 Å². The summed E-state index contributed by atoms with van der Waals surface area (Å²) in [5.74, 6) is -16.3. The van der Waals surface area contributed by atoms with E-state index in [-0.39, 0.29) is 0 Å². The summed E-state index contributed by atoms with van der Waals surface area (Å²) in [6, 6.07) is -9.97. The number of aliphatic hydroxyl groups is 24. The molecule has 0 aromatic carbocycles. The van der Waals surface area contributed by atoms with Gasteiger partial charge in [-0.3, -0.25) is 24.0 Å². The van der Waals surface area contributed by atoms with Crippen LogP contribution in [0, 0.1) is 0 Å². The van der Waals surface area contributed by atoms with Crippen LogP contribution in [0.5, 0.6) is 0 Å². The van der Waals surface area contributed by atoms with Crippen molar-refractivity contribution in [3.63, 3.8) is 0 Å². The summed E-state index contributed by atoms with van der Waals surface area (Å²) in [5.41, 5.74) is 0. The second kappa shape index (κ2) is 42.5. The Morgan fingerprint density at radius 2 is 0.733 bits per heavy atom. The number of carbonyl (C=O) groups excluding carboxylic acids is 5. The second-order valence-corrected chi connectivity index (χ2v) is 28.7. The first-order chi connectivity index (χ1) is 54.5. The van der Waals surface area contributed by atoms with E-state index in [9.17, 15) is 166 Å². The molecule has 7 heterocycles. The molecule has 7 aliphatic heterocycles. The number of hydrogen-bond donors (Lipinski definition) is 31. The Labute approximate surface area is 656 Å². The lowest BCUT2D eigenvalue weighted by Crippen LogP contribution is -2.73. The van der Waals surface area contributed by atoms with Crippen molar-refractivity contribution in [1.82, 2.24) is 26.6 Å². The zero-order valence-electron chi connectivity index (χ0n) is 62.5. The zero-order chi connectivity index (χ0) is 86.8. The van der Waals surface area contributed by atoms with Crippen LogP contribution in [0.3, 0.4) is 0 Å². The predicted octanol–water partition coefficient (Wildman–Crippen LogP) is -19.7. The van der Waals surface area contributed by atoms with Gasteiger partial charge in [-0.2, -0.15) is 0 Å². The Morgan fingerprint density at radius 3 is 1.19 bits per heavy atom. The third kappa shape index (κ3) is 22.3. The lowest BCUT2D eigenvalue weighted by atomic mass is 9.87. The molecule has 0 aliphatic carbocycles. The Bertz CT molecular complexity index is 3190. The molecule has 5 amide bonds. The highest BCUT2D eigenvalue weighted by Crippen LogP contribution is 2.43. The molecule has 0 aromatic rings. The Hall–Kier alpha value is -5.23. The van der Waals surface area contributed by atoms with Crippen molar-refractivity contribution in [1.29, 1.82) is 0 Å². The molecule has 7 saturated heterocycles. The Balaban J connectivity index is 1.29. The normalized spacial score (nSPS) is 41.8. The number of rotatable bonds is 37. The van der Waals surface area contributed by atoms with Gasteiger partial charge in [0.2, 0.25) is 29.5 Å². The van der Waals surface area contributed by atoms with Crippen molar-refractivity contribution in [2.45, 2.75) is 298 Å². The van der Waals surface area contributed by atoms with Crippen molar-refractivity contribution in [2.24, 2.45) is 0 Å². The average Bonchev–Trinajstić information content (AvgIpc) is 0.745. The van der Waals surface area contributed by atoms with Crippen LogP contribution in [0.2, 0.25) is 0 Å². The third-order valence-corrected chi connectivity index (χ3v) is 20.2. The van der Waals surface area contributed by atoms with Gasteiger partial charge in [-0.25, -0.2) is 9.59 Å². The van der Waals surface area contributed by atoms with E-state index in [1.54, 1.807) is 0 Å². The zero-order valence-corrected chi connectivity index (χ0v) is 62.5.